The van der Waals surface area contributed by atoms with Crippen molar-refractivity contribution in [3.05, 3.63) is 42.0 Å². The fourth-order valence-electron chi connectivity index (χ4n) is 1.69. The molecule has 0 aliphatic heterocycles. The molecule has 1 aromatic carbocycles. The van der Waals surface area contributed by atoms with Crippen LogP contribution in [0.1, 0.15) is 12.5 Å². The summed E-state index contributed by atoms with van der Waals surface area (Å²) in [4.78, 5) is 25.6. The molecule has 0 saturated heterocycles. The van der Waals surface area contributed by atoms with Crippen LogP contribution < -0.4 is 10.1 Å². The fourth-order valence-corrected chi connectivity index (χ4v) is 1.69. The molecule has 0 fully saturated rings. The summed E-state index contributed by atoms with van der Waals surface area (Å²) >= 11 is 0. The van der Waals surface area contributed by atoms with Gasteiger partial charge in [0.2, 0.25) is 5.88 Å². The number of hydrogen-bond donors (Lipinski definition) is 4. The fraction of sp³-hybridized carbons (Fsp3) is 0.200. The normalized spacial score (nSPS) is 11.5. The quantitative estimate of drug-likeness (QED) is 0.622. The lowest BCUT2D eigenvalue weighted by atomic mass is 10.2. The van der Waals surface area contributed by atoms with Crippen molar-refractivity contribution in [2.24, 2.45) is 0 Å². The summed E-state index contributed by atoms with van der Waals surface area (Å²) in [5.74, 6) is -1.90. The number of aromatic hydroxyl groups is 2. The number of H-pyrrole nitrogens is 1. The molecule has 8 heteroatoms. The summed E-state index contributed by atoms with van der Waals surface area (Å²) in [6.45, 7) is 1.47. The van der Waals surface area contributed by atoms with E-state index in [9.17, 15) is 14.7 Å². The highest BCUT2D eigenvalue weighted by molar-refractivity contribution is 5.82. The van der Waals surface area contributed by atoms with E-state index in [1.807, 2.05) is 18.2 Å². The first-order valence-corrected chi connectivity index (χ1v) is 6.75. The number of hydrogen-bond acceptors (Lipinski definition) is 6. The number of carbonyl (C=O) groups is 2. The molecule has 0 saturated carbocycles. The summed E-state index contributed by atoms with van der Waals surface area (Å²) in [5.41, 5.74) is 0.811. The third-order valence-electron chi connectivity index (χ3n) is 2.86. The van der Waals surface area contributed by atoms with Crippen LogP contribution in [0.4, 0.5) is 4.79 Å². The monoisotopic (exact) mass is 320 g/mol. The standard InChI is InChI=1S/C15H16N2O6/c1-9(14(20)23-11-7-12(18)17-13(11)19)16-15(21)22-8-10-5-3-2-4-6-10/h2-7,9,17-19H,8H2,1H3,(H,16,21)/t9-/m0/s1. The first kappa shape index (κ1) is 16.2. The van der Waals surface area contributed by atoms with Gasteiger partial charge in [-0.15, -0.1) is 0 Å². The molecule has 122 valence electrons. The van der Waals surface area contributed by atoms with Crippen LogP contribution in [0.5, 0.6) is 17.5 Å². The summed E-state index contributed by atoms with van der Waals surface area (Å²) in [6, 6.07) is 9.10. The number of aromatic amines is 1. The highest BCUT2D eigenvalue weighted by Gasteiger charge is 2.21. The molecule has 23 heavy (non-hydrogen) atoms. The minimum absolute atomic E-state index is 0.0703. The Bertz CT molecular complexity index is 683. The second-order valence-electron chi connectivity index (χ2n) is 4.72. The van der Waals surface area contributed by atoms with Crippen molar-refractivity contribution >= 4 is 12.1 Å². The second-order valence-corrected chi connectivity index (χ2v) is 4.72. The zero-order valence-electron chi connectivity index (χ0n) is 12.3. The minimum atomic E-state index is -1.00. The van der Waals surface area contributed by atoms with Gasteiger partial charge in [0.05, 0.1) is 0 Å². The summed E-state index contributed by atoms with van der Waals surface area (Å²) in [6.07, 6.45) is -0.778. The van der Waals surface area contributed by atoms with E-state index in [-0.39, 0.29) is 18.2 Å². The SMILES string of the molecule is C[C@H](NC(=O)OCc1ccccc1)C(=O)Oc1cc(O)[nH]c1O. The first-order valence-electron chi connectivity index (χ1n) is 6.75. The van der Waals surface area contributed by atoms with Gasteiger partial charge >= 0.3 is 12.1 Å². The topological polar surface area (TPSA) is 121 Å². The summed E-state index contributed by atoms with van der Waals surface area (Å²) < 4.78 is 9.81. The van der Waals surface area contributed by atoms with Crippen LogP contribution in [0.15, 0.2) is 36.4 Å². The molecule has 2 aromatic rings. The lowest BCUT2D eigenvalue weighted by molar-refractivity contribution is -0.136. The maximum Gasteiger partial charge on any atom is 0.408 e. The van der Waals surface area contributed by atoms with E-state index < -0.39 is 24.0 Å². The molecule has 0 bridgehead atoms. The number of esters is 1. The molecule has 1 amide bonds. The average Bonchev–Trinajstić information content (AvgIpc) is 2.83. The number of nitrogens with one attached hydrogen (secondary N) is 2. The van der Waals surface area contributed by atoms with Crippen LogP contribution in [0.25, 0.3) is 0 Å². The molecule has 0 aliphatic carbocycles. The van der Waals surface area contributed by atoms with E-state index in [0.717, 1.165) is 11.6 Å². The Morgan fingerprint density at radius 1 is 1.26 bits per heavy atom. The number of alkyl carbamates (subject to hydrolysis) is 1. The van der Waals surface area contributed by atoms with E-state index in [1.165, 1.54) is 6.92 Å². The van der Waals surface area contributed by atoms with Gasteiger partial charge in [-0.2, -0.15) is 0 Å². The lowest BCUT2D eigenvalue weighted by Crippen LogP contribution is -2.40. The number of amides is 1. The Balaban J connectivity index is 1.81. The molecule has 1 atom stereocenters. The van der Waals surface area contributed by atoms with Crippen molar-refractivity contribution in [3.8, 4) is 17.5 Å². The zero-order chi connectivity index (χ0) is 16.8. The predicted molar refractivity (Wildman–Crippen MR) is 79.0 cm³/mol. The van der Waals surface area contributed by atoms with Crippen molar-refractivity contribution in [1.29, 1.82) is 0 Å². The van der Waals surface area contributed by atoms with Gasteiger partial charge in [0.1, 0.15) is 12.6 Å². The van der Waals surface area contributed by atoms with Crippen LogP contribution in [-0.4, -0.2) is 33.3 Å². The molecule has 8 nitrogen and oxygen atoms in total. The Hall–Kier alpha value is -3.16. The highest BCUT2D eigenvalue weighted by atomic mass is 16.6. The van der Waals surface area contributed by atoms with E-state index in [2.05, 4.69) is 10.3 Å². The van der Waals surface area contributed by atoms with Crippen LogP contribution in [0.3, 0.4) is 0 Å². The highest BCUT2D eigenvalue weighted by Crippen LogP contribution is 2.29. The molecular weight excluding hydrogens is 304 g/mol. The van der Waals surface area contributed by atoms with Crippen molar-refractivity contribution in [2.45, 2.75) is 19.6 Å². The summed E-state index contributed by atoms with van der Waals surface area (Å²) in [5, 5.41) is 20.8. The van der Waals surface area contributed by atoms with Crippen molar-refractivity contribution in [1.82, 2.24) is 10.3 Å². The number of benzene rings is 1. The van der Waals surface area contributed by atoms with Gasteiger partial charge in [-0.25, -0.2) is 9.59 Å². The number of ether oxygens (including phenoxy) is 2. The van der Waals surface area contributed by atoms with Crippen molar-refractivity contribution in [2.75, 3.05) is 0 Å². The maximum absolute atomic E-state index is 11.8. The number of aromatic nitrogens is 1. The van der Waals surface area contributed by atoms with Crippen molar-refractivity contribution < 1.29 is 29.3 Å². The summed E-state index contributed by atoms with van der Waals surface area (Å²) in [7, 11) is 0. The van der Waals surface area contributed by atoms with E-state index in [0.29, 0.717) is 0 Å². The average molecular weight is 320 g/mol. The number of carbonyl (C=O) groups excluding carboxylic acids is 2. The zero-order valence-corrected chi connectivity index (χ0v) is 12.3. The van der Waals surface area contributed by atoms with Gasteiger partial charge in [0.25, 0.3) is 0 Å². The van der Waals surface area contributed by atoms with Crippen LogP contribution in [0, 0.1) is 0 Å². The Morgan fingerprint density at radius 2 is 1.96 bits per heavy atom. The molecule has 1 heterocycles. The molecule has 0 unspecified atom stereocenters. The van der Waals surface area contributed by atoms with Gasteiger partial charge in [-0.1, -0.05) is 30.3 Å². The van der Waals surface area contributed by atoms with E-state index in [4.69, 9.17) is 14.6 Å². The third-order valence-corrected chi connectivity index (χ3v) is 2.86. The molecule has 0 aliphatic rings. The molecule has 2 rings (SSSR count). The van der Waals surface area contributed by atoms with Crippen LogP contribution in [0.2, 0.25) is 0 Å². The van der Waals surface area contributed by atoms with Gasteiger partial charge in [-0.05, 0) is 12.5 Å². The Morgan fingerprint density at radius 3 is 2.57 bits per heavy atom. The van der Waals surface area contributed by atoms with Gasteiger partial charge in [0, 0.05) is 6.07 Å². The van der Waals surface area contributed by atoms with Gasteiger partial charge in [-0.3, -0.25) is 4.98 Å². The molecular formula is C15H16N2O6. The molecule has 0 spiro atoms. The second kappa shape index (κ2) is 7.21. The third kappa shape index (κ3) is 4.67. The Labute approximate surface area is 131 Å². The minimum Gasteiger partial charge on any atom is -0.494 e. The number of rotatable bonds is 5. The largest absolute Gasteiger partial charge is 0.494 e. The van der Waals surface area contributed by atoms with E-state index in [1.54, 1.807) is 12.1 Å². The Kier molecular flexibility index (Phi) is 5.08. The first-order chi connectivity index (χ1) is 11.0. The van der Waals surface area contributed by atoms with Gasteiger partial charge < -0.3 is 25.0 Å². The van der Waals surface area contributed by atoms with Crippen molar-refractivity contribution in [3.63, 3.8) is 0 Å². The molecule has 1 aromatic heterocycles. The molecule has 0 radical (unpaired) electrons. The van der Waals surface area contributed by atoms with Crippen LogP contribution >= 0.6 is 0 Å². The maximum atomic E-state index is 11.8. The predicted octanol–water partition coefficient (Wildman–Crippen LogP) is 1.65. The van der Waals surface area contributed by atoms with Crippen LogP contribution in [-0.2, 0) is 16.1 Å². The smallest absolute Gasteiger partial charge is 0.408 e. The molecule has 4 N–H and O–H groups in total. The van der Waals surface area contributed by atoms with Gasteiger partial charge in [0.15, 0.2) is 11.6 Å². The lowest BCUT2D eigenvalue weighted by Gasteiger charge is -2.12. The van der Waals surface area contributed by atoms with E-state index >= 15 is 0 Å².